The predicted molar refractivity (Wildman–Crippen MR) is 87.9 cm³/mol. The van der Waals surface area contributed by atoms with E-state index < -0.39 is 12.0 Å². The van der Waals surface area contributed by atoms with Crippen molar-refractivity contribution in [3.8, 4) is 0 Å². The minimum atomic E-state index is -0.477. The van der Waals surface area contributed by atoms with E-state index in [1.54, 1.807) is 38.1 Å². The summed E-state index contributed by atoms with van der Waals surface area (Å²) in [5, 5.41) is 14.5. The smallest absolute Gasteiger partial charge is 0.325 e. The van der Waals surface area contributed by atoms with Crippen molar-refractivity contribution in [3.63, 3.8) is 0 Å². The lowest BCUT2D eigenvalue weighted by molar-refractivity contribution is -0.143. The third-order valence-corrected chi connectivity index (χ3v) is 2.97. The molecule has 0 aliphatic carbocycles. The molecule has 23 heavy (non-hydrogen) atoms. The molecule has 0 heterocycles. The number of rotatable bonds is 7. The Labute approximate surface area is 135 Å². The van der Waals surface area contributed by atoms with Crippen LogP contribution < -0.4 is 5.32 Å². The number of nitrogens with one attached hydrogen (secondary N) is 1. The fourth-order valence-corrected chi connectivity index (χ4v) is 1.79. The van der Waals surface area contributed by atoms with Crippen molar-refractivity contribution in [1.82, 2.24) is 4.90 Å². The van der Waals surface area contributed by atoms with E-state index in [1.165, 1.54) is 11.0 Å². The summed E-state index contributed by atoms with van der Waals surface area (Å²) in [4.78, 5) is 25.0. The zero-order chi connectivity index (χ0) is 17.2. The molecule has 0 fully saturated rings. The van der Waals surface area contributed by atoms with Crippen LogP contribution in [0.3, 0.4) is 0 Å². The van der Waals surface area contributed by atoms with Gasteiger partial charge in [-0.05, 0) is 31.5 Å². The van der Waals surface area contributed by atoms with Crippen LogP contribution in [0.15, 0.2) is 42.1 Å². The van der Waals surface area contributed by atoms with Gasteiger partial charge in [0.05, 0.1) is 12.3 Å². The molecule has 1 rings (SSSR count). The SMILES string of the molecule is C=CCN(CC(=O)OCC)C(=O)Nc1ccc(C(C)=NO)cc1. The number of nitrogens with zero attached hydrogens (tertiary/aromatic N) is 2. The van der Waals surface area contributed by atoms with Crippen LogP contribution in [0.5, 0.6) is 0 Å². The number of urea groups is 1. The molecular weight excluding hydrogens is 298 g/mol. The van der Waals surface area contributed by atoms with E-state index in [0.717, 1.165) is 5.56 Å². The predicted octanol–water partition coefficient (Wildman–Crippen LogP) is 2.47. The zero-order valence-electron chi connectivity index (χ0n) is 13.3. The Kier molecular flexibility index (Phi) is 7.32. The molecule has 124 valence electrons. The highest BCUT2D eigenvalue weighted by atomic mass is 16.5. The average molecular weight is 319 g/mol. The van der Waals surface area contributed by atoms with E-state index in [1.807, 2.05) is 0 Å². The molecule has 0 unspecified atom stereocenters. The number of benzene rings is 1. The number of amides is 2. The number of hydrogen-bond donors (Lipinski definition) is 2. The quantitative estimate of drug-likeness (QED) is 0.265. The molecule has 1 aromatic rings. The molecule has 0 spiro atoms. The highest BCUT2D eigenvalue weighted by Crippen LogP contribution is 2.11. The maximum absolute atomic E-state index is 12.2. The lowest BCUT2D eigenvalue weighted by atomic mass is 10.1. The Bertz CT molecular complexity index is 581. The van der Waals surface area contributed by atoms with Gasteiger partial charge >= 0.3 is 12.0 Å². The molecule has 0 aliphatic heterocycles. The minimum absolute atomic E-state index is 0.153. The molecule has 2 amide bonds. The molecule has 2 N–H and O–H groups in total. The van der Waals surface area contributed by atoms with E-state index in [-0.39, 0.29) is 19.7 Å². The summed E-state index contributed by atoms with van der Waals surface area (Å²) in [6.07, 6.45) is 1.53. The Morgan fingerprint density at radius 3 is 2.57 bits per heavy atom. The number of esters is 1. The van der Waals surface area contributed by atoms with Gasteiger partial charge < -0.3 is 20.2 Å². The molecule has 0 radical (unpaired) electrons. The Balaban J connectivity index is 2.74. The van der Waals surface area contributed by atoms with Crippen LogP contribution in [0, 0.1) is 0 Å². The standard InChI is InChI=1S/C16H21N3O4/c1-4-10-19(11-15(20)23-5-2)16(21)17-14-8-6-13(7-9-14)12(3)18-22/h4,6-9,22H,1,5,10-11H2,2-3H3,(H,17,21). The van der Waals surface area contributed by atoms with Crippen LogP contribution in [0.1, 0.15) is 19.4 Å². The van der Waals surface area contributed by atoms with Crippen LogP contribution in [-0.2, 0) is 9.53 Å². The second kappa shape index (κ2) is 9.24. The Morgan fingerprint density at radius 1 is 1.39 bits per heavy atom. The van der Waals surface area contributed by atoms with Gasteiger partial charge in [0.1, 0.15) is 6.54 Å². The van der Waals surface area contributed by atoms with Gasteiger partial charge in [-0.3, -0.25) is 4.79 Å². The summed E-state index contributed by atoms with van der Waals surface area (Å²) in [5.41, 5.74) is 1.76. The molecule has 0 aromatic heterocycles. The van der Waals surface area contributed by atoms with Crippen molar-refractivity contribution in [2.24, 2.45) is 5.16 Å². The van der Waals surface area contributed by atoms with Gasteiger partial charge in [0, 0.05) is 12.2 Å². The van der Waals surface area contributed by atoms with Crippen LogP contribution >= 0.6 is 0 Å². The lowest BCUT2D eigenvalue weighted by Gasteiger charge is -2.20. The first-order valence-corrected chi connectivity index (χ1v) is 7.13. The zero-order valence-corrected chi connectivity index (χ0v) is 13.3. The Morgan fingerprint density at radius 2 is 2.04 bits per heavy atom. The molecule has 0 saturated heterocycles. The van der Waals surface area contributed by atoms with Gasteiger partial charge in [-0.1, -0.05) is 23.4 Å². The largest absolute Gasteiger partial charge is 0.465 e. The van der Waals surface area contributed by atoms with Crippen LogP contribution in [-0.4, -0.2) is 47.5 Å². The first-order valence-electron chi connectivity index (χ1n) is 7.13. The van der Waals surface area contributed by atoms with Crippen LogP contribution in [0.4, 0.5) is 10.5 Å². The number of anilines is 1. The van der Waals surface area contributed by atoms with E-state index in [9.17, 15) is 9.59 Å². The summed E-state index contributed by atoms with van der Waals surface area (Å²) < 4.78 is 4.84. The first-order chi connectivity index (χ1) is 11.0. The minimum Gasteiger partial charge on any atom is -0.465 e. The number of hydrogen-bond acceptors (Lipinski definition) is 5. The maximum atomic E-state index is 12.2. The fourth-order valence-electron chi connectivity index (χ4n) is 1.79. The molecule has 7 heteroatoms. The molecule has 0 aliphatic rings. The summed E-state index contributed by atoms with van der Waals surface area (Å²) >= 11 is 0. The number of carbonyl (C=O) groups excluding carboxylic acids is 2. The summed E-state index contributed by atoms with van der Waals surface area (Å²) in [6.45, 7) is 7.27. The van der Waals surface area contributed by atoms with Gasteiger partial charge in [-0.25, -0.2) is 4.79 Å². The topological polar surface area (TPSA) is 91.2 Å². The monoisotopic (exact) mass is 319 g/mol. The highest BCUT2D eigenvalue weighted by Gasteiger charge is 2.16. The van der Waals surface area contributed by atoms with Crippen molar-refractivity contribution in [2.45, 2.75) is 13.8 Å². The number of oxime groups is 1. The van der Waals surface area contributed by atoms with Gasteiger partial charge in [0.2, 0.25) is 0 Å². The van der Waals surface area contributed by atoms with Gasteiger partial charge in [-0.2, -0.15) is 0 Å². The van der Waals surface area contributed by atoms with Crippen molar-refractivity contribution in [3.05, 3.63) is 42.5 Å². The second-order valence-corrected chi connectivity index (χ2v) is 4.67. The fraction of sp³-hybridized carbons (Fsp3) is 0.312. The third kappa shape index (κ3) is 5.82. The van der Waals surface area contributed by atoms with E-state index in [0.29, 0.717) is 11.4 Å². The molecule has 7 nitrogen and oxygen atoms in total. The van der Waals surface area contributed by atoms with E-state index in [4.69, 9.17) is 9.94 Å². The summed E-state index contributed by atoms with van der Waals surface area (Å²) in [6, 6.07) is 6.36. The normalized spacial score (nSPS) is 10.8. The highest BCUT2D eigenvalue weighted by molar-refractivity contribution is 5.99. The number of ether oxygens (including phenoxy) is 1. The van der Waals surface area contributed by atoms with E-state index in [2.05, 4.69) is 17.1 Å². The lowest BCUT2D eigenvalue weighted by Crippen LogP contribution is -2.39. The van der Waals surface area contributed by atoms with Crippen molar-refractivity contribution < 1.29 is 19.5 Å². The third-order valence-electron chi connectivity index (χ3n) is 2.97. The Hall–Kier alpha value is -2.83. The maximum Gasteiger partial charge on any atom is 0.325 e. The van der Waals surface area contributed by atoms with Crippen molar-refractivity contribution in [2.75, 3.05) is 25.0 Å². The van der Waals surface area contributed by atoms with Crippen LogP contribution in [0.25, 0.3) is 0 Å². The van der Waals surface area contributed by atoms with Crippen LogP contribution in [0.2, 0.25) is 0 Å². The first kappa shape index (κ1) is 18.2. The molecule has 0 saturated carbocycles. The molecular formula is C16H21N3O4. The van der Waals surface area contributed by atoms with Crippen molar-refractivity contribution in [1.29, 1.82) is 0 Å². The van der Waals surface area contributed by atoms with Gasteiger partial charge in [-0.15, -0.1) is 6.58 Å². The summed E-state index contributed by atoms with van der Waals surface area (Å²) in [7, 11) is 0. The average Bonchev–Trinajstić information content (AvgIpc) is 2.54. The summed E-state index contributed by atoms with van der Waals surface area (Å²) in [5.74, 6) is -0.477. The van der Waals surface area contributed by atoms with Gasteiger partial charge in [0.15, 0.2) is 0 Å². The number of carbonyl (C=O) groups is 2. The van der Waals surface area contributed by atoms with Gasteiger partial charge in [0.25, 0.3) is 0 Å². The second-order valence-electron chi connectivity index (χ2n) is 4.67. The molecule has 0 atom stereocenters. The molecule has 1 aromatic carbocycles. The van der Waals surface area contributed by atoms with Crippen molar-refractivity contribution >= 4 is 23.4 Å². The van der Waals surface area contributed by atoms with E-state index >= 15 is 0 Å². The molecule has 0 bridgehead atoms.